The van der Waals surface area contributed by atoms with Crippen LogP contribution >= 0.6 is 11.6 Å². The smallest absolute Gasteiger partial charge is 0.231 e. The number of carbonyl (C=O) groups is 1. The second-order valence-corrected chi connectivity index (χ2v) is 8.92. The van der Waals surface area contributed by atoms with Crippen molar-refractivity contribution in [1.29, 1.82) is 0 Å². The van der Waals surface area contributed by atoms with Crippen LogP contribution in [0.5, 0.6) is 0 Å². The van der Waals surface area contributed by atoms with Crippen molar-refractivity contribution in [2.24, 2.45) is 0 Å². The van der Waals surface area contributed by atoms with Gasteiger partial charge in [0.1, 0.15) is 11.6 Å². The van der Waals surface area contributed by atoms with Gasteiger partial charge in [-0.3, -0.25) is 4.79 Å². The maximum absolute atomic E-state index is 13.3. The third-order valence-electron chi connectivity index (χ3n) is 5.83. The number of hydrogen-bond acceptors (Lipinski definition) is 4. The number of nitrogens with one attached hydrogen (secondary N) is 2. The van der Waals surface area contributed by atoms with E-state index in [2.05, 4.69) is 15.6 Å². The number of hydrogen-bond donors (Lipinski definition) is 3. The van der Waals surface area contributed by atoms with E-state index in [4.69, 9.17) is 11.6 Å². The van der Waals surface area contributed by atoms with Crippen molar-refractivity contribution in [2.45, 2.75) is 25.5 Å². The number of aliphatic hydroxyl groups excluding tert-OH is 1. The first kappa shape index (κ1) is 25.6. The number of rotatable bonds is 11. The largest absolute Gasteiger partial charge is 0.387 e. The fraction of sp³-hybridized carbons (Fsp3) is 0.214. The van der Waals surface area contributed by atoms with E-state index in [1.165, 1.54) is 12.1 Å². The summed E-state index contributed by atoms with van der Waals surface area (Å²) < 4.78 is 15.1. The van der Waals surface area contributed by atoms with Gasteiger partial charge in [0.25, 0.3) is 0 Å². The maximum Gasteiger partial charge on any atom is 0.231 e. The number of anilines is 1. The molecule has 3 aromatic carbocycles. The molecule has 0 aliphatic carbocycles. The Balaban J connectivity index is 1.23. The van der Waals surface area contributed by atoms with Gasteiger partial charge in [0.2, 0.25) is 5.91 Å². The van der Waals surface area contributed by atoms with Gasteiger partial charge in [-0.15, -0.1) is 0 Å². The zero-order chi connectivity index (χ0) is 25.3. The zero-order valence-electron chi connectivity index (χ0n) is 19.7. The van der Waals surface area contributed by atoms with Crippen LogP contribution in [0, 0.1) is 5.82 Å². The summed E-state index contributed by atoms with van der Waals surface area (Å²) in [7, 11) is 0. The minimum absolute atomic E-state index is 0.0984. The lowest BCUT2D eigenvalue weighted by Gasteiger charge is -2.12. The van der Waals surface area contributed by atoms with Crippen LogP contribution in [0.25, 0.3) is 0 Å². The van der Waals surface area contributed by atoms with E-state index in [0.717, 1.165) is 29.7 Å². The summed E-state index contributed by atoms with van der Waals surface area (Å²) in [5.74, 6) is 0.0170. The van der Waals surface area contributed by atoms with Gasteiger partial charge < -0.3 is 20.3 Å². The van der Waals surface area contributed by atoms with E-state index in [1.807, 2.05) is 59.2 Å². The Bertz CT molecular complexity index is 1280. The molecule has 0 spiro atoms. The van der Waals surface area contributed by atoms with Crippen LogP contribution in [0.3, 0.4) is 0 Å². The Morgan fingerprint density at radius 2 is 1.86 bits per heavy atom. The predicted molar refractivity (Wildman–Crippen MR) is 139 cm³/mol. The van der Waals surface area contributed by atoms with Crippen molar-refractivity contribution < 1.29 is 14.3 Å². The Morgan fingerprint density at radius 3 is 2.61 bits per heavy atom. The molecule has 1 heterocycles. The van der Waals surface area contributed by atoms with E-state index < -0.39 is 11.9 Å². The summed E-state index contributed by atoms with van der Waals surface area (Å²) >= 11 is 6.14. The molecule has 0 fully saturated rings. The number of halogens is 2. The Morgan fingerprint density at radius 1 is 1.08 bits per heavy atom. The molecule has 6 nitrogen and oxygen atoms in total. The van der Waals surface area contributed by atoms with Gasteiger partial charge >= 0.3 is 0 Å². The number of amides is 1. The molecule has 186 valence electrons. The lowest BCUT2D eigenvalue weighted by Crippen LogP contribution is -2.23. The third-order valence-corrected chi connectivity index (χ3v) is 6.18. The lowest BCUT2D eigenvalue weighted by molar-refractivity contribution is -0.115. The first-order chi connectivity index (χ1) is 17.5. The summed E-state index contributed by atoms with van der Waals surface area (Å²) in [4.78, 5) is 16.9. The Hall–Kier alpha value is -3.52. The average Bonchev–Trinajstić information content (AvgIpc) is 3.31. The van der Waals surface area contributed by atoms with Crippen molar-refractivity contribution in [3.8, 4) is 0 Å². The van der Waals surface area contributed by atoms with Gasteiger partial charge in [-0.1, -0.05) is 60.1 Å². The van der Waals surface area contributed by atoms with Crippen LogP contribution in [-0.2, 0) is 24.2 Å². The fourth-order valence-electron chi connectivity index (χ4n) is 3.85. The number of carbonyl (C=O) groups excluding carboxylic acids is 1. The molecule has 0 aliphatic heterocycles. The second kappa shape index (κ2) is 12.4. The lowest BCUT2D eigenvalue weighted by atomic mass is 10.1. The van der Waals surface area contributed by atoms with E-state index in [-0.39, 0.29) is 12.3 Å². The van der Waals surface area contributed by atoms with Crippen molar-refractivity contribution in [3.63, 3.8) is 0 Å². The van der Waals surface area contributed by atoms with Gasteiger partial charge in [0, 0.05) is 29.6 Å². The normalized spacial score (nSPS) is 11.9. The van der Waals surface area contributed by atoms with Crippen molar-refractivity contribution in [3.05, 3.63) is 119 Å². The number of imidazole rings is 1. The zero-order valence-corrected chi connectivity index (χ0v) is 20.5. The summed E-state index contributed by atoms with van der Waals surface area (Å²) in [5, 5.41) is 16.7. The highest BCUT2D eigenvalue weighted by Crippen LogP contribution is 2.19. The number of nitrogens with zero attached hydrogens (tertiary/aromatic N) is 2. The number of benzene rings is 3. The summed E-state index contributed by atoms with van der Waals surface area (Å²) in [6.07, 6.45) is 3.76. The molecule has 0 radical (unpaired) electrons. The maximum atomic E-state index is 13.3. The fourth-order valence-corrected chi connectivity index (χ4v) is 4.08. The molecule has 0 aliphatic rings. The van der Waals surface area contributed by atoms with Gasteiger partial charge in [0.15, 0.2) is 0 Å². The first-order valence-corrected chi connectivity index (χ1v) is 12.1. The first-order valence-electron chi connectivity index (χ1n) is 11.7. The quantitative estimate of drug-likeness (QED) is 0.256. The summed E-state index contributed by atoms with van der Waals surface area (Å²) in [6, 6.07) is 21.5. The predicted octanol–water partition coefficient (Wildman–Crippen LogP) is 4.77. The molecule has 4 rings (SSSR count). The third kappa shape index (κ3) is 7.24. The van der Waals surface area contributed by atoms with Crippen LogP contribution in [0.2, 0.25) is 5.02 Å². The molecule has 0 saturated heterocycles. The highest BCUT2D eigenvalue weighted by molar-refractivity contribution is 6.31. The molecule has 0 unspecified atom stereocenters. The van der Waals surface area contributed by atoms with Crippen LogP contribution in [0.15, 0.2) is 85.2 Å². The molecule has 1 atom stereocenters. The van der Waals surface area contributed by atoms with E-state index in [1.54, 1.807) is 18.5 Å². The molecular formula is C28H28ClFN4O2. The molecule has 0 bridgehead atoms. The van der Waals surface area contributed by atoms with Gasteiger partial charge in [-0.05, 0) is 53.9 Å². The topological polar surface area (TPSA) is 79.2 Å². The molecule has 8 heteroatoms. The van der Waals surface area contributed by atoms with E-state index in [9.17, 15) is 14.3 Å². The molecule has 3 N–H and O–H groups in total. The van der Waals surface area contributed by atoms with Gasteiger partial charge in [0.05, 0.1) is 19.1 Å². The molecule has 36 heavy (non-hydrogen) atoms. The Kier molecular flexibility index (Phi) is 8.84. The number of aromatic nitrogens is 2. The monoisotopic (exact) mass is 506 g/mol. The molecule has 1 aromatic heterocycles. The minimum Gasteiger partial charge on any atom is -0.387 e. The van der Waals surface area contributed by atoms with Crippen LogP contribution in [-0.4, -0.2) is 33.7 Å². The van der Waals surface area contributed by atoms with Crippen LogP contribution in [0.1, 0.15) is 28.6 Å². The van der Waals surface area contributed by atoms with E-state index >= 15 is 0 Å². The molecule has 0 saturated carbocycles. The molecule has 1 amide bonds. The van der Waals surface area contributed by atoms with E-state index in [0.29, 0.717) is 29.6 Å². The summed E-state index contributed by atoms with van der Waals surface area (Å²) in [5.41, 5.74) is 3.47. The van der Waals surface area contributed by atoms with Crippen LogP contribution < -0.4 is 10.6 Å². The number of aliphatic hydroxyl groups is 1. The SMILES string of the molecule is O=C(Cc1nccn1Cc1ccc(F)cc1Cl)Nc1ccc(CCNC[C@H](O)c2ccccc2)cc1. The van der Waals surface area contributed by atoms with Gasteiger partial charge in [-0.2, -0.15) is 0 Å². The average molecular weight is 507 g/mol. The molecular weight excluding hydrogens is 479 g/mol. The minimum atomic E-state index is -0.535. The summed E-state index contributed by atoms with van der Waals surface area (Å²) in [6.45, 7) is 1.62. The van der Waals surface area contributed by atoms with Gasteiger partial charge in [-0.25, -0.2) is 9.37 Å². The van der Waals surface area contributed by atoms with Crippen molar-refractivity contribution >= 4 is 23.2 Å². The molecule has 4 aromatic rings. The highest BCUT2D eigenvalue weighted by Gasteiger charge is 2.12. The highest BCUT2D eigenvalue weighted by atomic mass is 35.5. The standard InChI is InChI=1S/C28H28ClFN4O2/c29-25-16-23(30)9-8-22(25)19-34-15-14-32-27(34)17-28(36)33-24-10-6-20(7-11-24)12-13-31-18-26(35)21-4-2-1-3-5-21/h1-11,14-16,26,31,35H,12-13,17-19H2,(H,33,36)/t26-/m0/s1. The van der Waals surface area contributed by atoms with Crippen molar-refractivity contribution in [2.75, 3.05) is 18.4 Å². The van der Waals surface area contributed by atoms with Crippen molar-refractivity contribution in [1.82, 2.24) is 14.9 Å². The van der Waals surface area contributed by atoms with Crippen LogP contribution in [0.4, 0.5) is 10.1 Å². The second-order valence-electron chi connectivity index (χ2n) is 8.51. The Labute approximate surface area is 214 Å².